The molecule has 1 unspecified atom stereocenters. The monoisotopic (exact) mass is 382 g/mol. The van der Waals surface area contributed by atoms with E-state index in [9.17, 15) is 4.79 Å². The van der Waals surface area contributed by atoms with Gasteiger partial charge >= 0.3 is 0 Å². The van der Waals surface area contributed by atoms with Crippen molar-refractivity contribution in [1.82, 2.24) is 10.2 Å². The van der Waals surface area contributed by atoms with Gasteiger partial charge in [-0.2, -0.15) is 0 Å². The molecule has 0 radical (unpaired) electrons. The van der Waals surface area contributed by atoms with Crippen molar-refractivity contribution >= 4 is 16.9 Å². The van der Waals surface area contributed by atoms with Gasteiger partial charge < -0.3 is 18.9 Å². The van der Waals surface area contributed by atoms with Crippen LogP contribution in [0.4, 0.5) is 0 Å². The number of carbonyl (C=O) groups is 1. The normalized spacial score (nSPS) is 16.4. The standard InChI is InChI=1S/C22H26N2O4/c1-14-11-15(2)20-16(3)21(28-19(20)12-14)22(25)23-13-17(18-5-4-8-27-18)24-6-9-26-10-7-24/h4-5,8,11-12,17H,6-7,9-10,13H2,1-3H3,(H,23,25). The highest BCUT2D eigenvalue weighted by atomic mass is 16.5. The summed E-state index contributed by atoms with van der Waals surface area (Å²) in [4.78, 5) is 15.2. The Labute approximate surface area is 164 Å². The number of aryl methyl sites for hydroxylation is 3. The number of nitrogens with zero attached hydrogens (tertiary/aromatic N) is 1. The maximum absolute atomic E-state index is 12.9. The maximum atomic E-state index is 12.9. The number of benzene rings is 1. The van der Waals surface area contributed by atoms with Gasteiger partial charge in [-0.15, -0.1) is 0 Å². The van der Waals surface area contributed by atoms with Crippen LogP contribution in [0.5, 0.6) is 0 Å². The summed E-state index contributed by atoms with van der Waals surface area (Å²) in [6.07, 6.45) is 1.67. The summed E-state index contributed by atoms with van der Waals surface area (Å²) in [5, 5.41) is 4.07. The zero-order chi connectivity index (χ0) is 19.7. The SMILES string of the molecule is Cc1cc(C)c2c(C)c(C(=O)NCC(c3ccco3)N3CCOCC3)oc2c1. The summed E-state index contributed by atoms with van der Waals surface area (Å²) in [5.41, 5.74) is 3.88. The minimum absolute atomic E-state index is 0.0310. The van der Waals surface area contributed by atoms with Gasteiger partial charge in [0.15, 0.2) is 5.76 Å². The Morgan fingerprint density at radius 3 is 2.71 bits per heavy atom. The molecule has 3 aromatic rings. The van der Waals surface area contributed by atoms with Crippen LogP contribution in [0.25, 0.3) is 11.0 Å². The van der Waals surface area contributed by atoms with Crippen LogP contribution < -0.4 is 5.32 Å². The number of nitrogens with one attached hydrogen (secondary N) is 1. The number of rotatable bonds is 5. The number of hydrogen-bond donors (Lipinski definition) is 1. The molecule has 6 nitrogen and oxygen atoms in total. The molecule has 0 saturated carbocycles. The second-order valence-electron chi connectivity index (χ2n) is 7.40. The lowest BCUT2D eigenvalue weighted by Gasteiger charge is -2.33. The molecule has 4 rings (SSSR count). The van der Waals surface area contributed by atoms with E-state index in [0.29, 0.717) is 25.5 Å². The second-order valence-corrected chi connectivity index (χ2v) is 7.40. The fraction of sp³-hybridized carbons (Fsp3) is 0.409. The van der Waals surface area contributed by atoms with Crippen molar-refractivity contribution in [2.45, 2.75) is 26.8 Å². The molecular weight excluding hydrogens is 356 g/mol. The van der Waals surface area contributed by atoms with Gasteiger partial charge in [-0.05, 0) is 50.1 Å². The number of morpholine rings is 1. The molecule has 148 valence electrons. The van der Waals surface area contributed by atoms with E-state index in [0.717, 1.165) is 46.5 Å². The summed E-state index contributed by atoms with van der Waals surface area (Å²) in [5.74, 6) is 1.02. The predicted molar refractivity (Wildman–Crippen MR) is 107 cm³/mol. The summed E-state index contributed by atoms with van der Waals surface area (Å²) < 4.78 is 17.0. The zero-order valence-corrected chi connectivity index (χ0v) is 16.6. The van der Waals surface area contributed by atoms with E-state index in [1.54, 1.807) is 6.26 Å². The van der Waals surface area contributed by atoms with E-state index in [1.165, 1.54) is 0 Å². The lowest BCUT2D eigenvalue weighted by atomic mass is 10.0. The van der Waals surface area contributed by atoms with Gasteiger partial charge in [0.05, 0.1) is 25.5 Å². The van der Waals surface area contributed by atoms with Crippen LogP contribution in [0.1, 0.15) is 39.0 Å². The first kappa shape index (κ1) is 18.8. The molecule has 0 aliphatic carbocycles. The van der Waals surface area contributed by atoms with Crippen LogP contribution in [0.3, 0.4) is 0 Å². The minimum Gasteiger partial charge on any atom is -0.468 e. The average molecular weight is 382 g/mol. The summed E-state index contributed by atoms with van der Waals surface area (Å²) in [7, 11) is 0. The summed E-state index contributed by atoms with van der Waals surface area (Å²) in [6.45, 7) is 9.45. The molecule has 1 N–H and O–H groups in total. The first-order chi connectivity index (χ1) is 13.5. The Hall–Kier alpha value is -2.57. The Morgan fingerprint density at radius 1 is 1.21 bits per heavy atom. The van der Waals surface area contributed by atoms with E-state index in [4.69, 9.17) is 13.6 Å². The highest BCUT2D eigenvalue weighted by molar-refractivity contribution is 6.00. The molecule has 1 aliphatic rings. The fourth-order valence-electron chi connectivity index (χ4n) is 4.06. The number of carbonyl (C=O) groups excluding carboxylic acids is 1. The molecular formula is C22H26N2O4. The van der Waals surface area contributed by atoms with E-state index in [1.807, 2.05) is 39.0 Å². The minimum atomic E-state index is -0.199. The van der Waals surface area contributed by atoms with Crippen molar-refractivity contribution in [3.63, 3.8) is 0 Å². The van der Waals surface area contributed by atoms with Gasteiger partial charge in [-0.1, -0.05) is 6.07 Å². The van der Waals surface area contributed by atoms with E-state index in [-0.39, 0.29) is 11.9 Å². The van der Waals surface area contributed by atoms with Crippen LogP contribution in [0.15, 0.2) is 39.4 Å². The lowest BCUT2D eigenvalue weighted by Crippen LogP contribution is -2.43. The molecule has 1 saturated heterocycles. The third-order valence-electron chi connectivity index (χ3n) is 5.39. The molecule has 1 atom stereocenters. The van der Waals surface area contributed by atoms with Crippen molar-refractivity contribution in [3.05, 3.63) is 58.7 Å². The zero-order valence-electron chi connectivity index (χ0n) is 16.6. The highest BCUT2D eigenvalue weighted by Crippen LogP contribution is 2.29. The predicted octanol–water partition coefficient (Wildman–Crippen LogP) is 3.75. The third-order valence-corrected chi connectivity index (χ3v) is 5.39. The van der Waals surface area contributed by atoms with Crippen molar-refractivity contribution in [2.24, 2.45) is 0 Å². The molecule has 0 bridgehead atoms. The van der Waals surface area contributed by atoms with Crippen LogP contribution in [-0.2, 0) is 4.74 Å². The smallest absolute Gasteiger partial charge is 0.287 e. The van der Waals surface area contributed by atoms with Gasteiger partial charge in [-0.3, -0.25) is 9.69 Å². The van der Waals surface area contributed by atoms with Gasteiger partial charge in [0, 0.05) is 30.6 Å². The molecule has 3 heterocycles. The van der Waals surface area contributed by atoms with Crippen molar-refractivity contribution in [2.75, 3.05) is 32.8 Å². The highest BCUT2D eigenvalue weighted by Gasteiger charge is 2.26. The molecule has 1 fully saturated rings. The van der Waals surface area contributed by atoms with E-state index < -0.39 is 0 Å². The molecule has 1 amide bonds. The van der Waals surface area contributed by atoms with Gasteiger partial charge in [0.25, 0.3) is 5.91 Å². The van der Waals surface area contributed by atoms with Crippen LogP contribution in [-0.4, -0.2) is 43.7 Å². The van der Waals surface area contributed by atoms with Crippen LogP contribution in [0.2, 0.25) is 0 Å². The Bertz CT molecular complexity index is 968. The lowest BCUT2D eigenvalue weighted by molar-refractivity contribution is 0.0117. The van der Waals surface area contributed by atoms with Gasteiger partial charge in [0.2, 0.25) is 0 Å². The van der Waals surface area contributed by atoms with Crippen LogP contribution in [0, 0.1) is 20.8 Å². The third kappa shape index (κ3) is 3.57. The Kier molecular flexibility index (Phi) is 5.24. The van der Waals surface area contributed by atoms with Crippen LogP contribution >= 0.6 is 0 Å². The Balaban J connectivity index is 1.55. The number of hydrogen-bond acceptors (Lipinski definition) is 5. The summed E-state index contributed by atoms with van der Waals surface area (Å²) in [6, 6.07) is 7.88. The van der Waals surface area contributed by atoms with Crippen molar-refractivity contribution in [1.29, 1.82) is 0 Å². The van der Waals surface area contributed by atoms with Crippen molar-refractivity contribution in [3.8, 4) is 0 Å². The first-order valence-corrected chi connectivity index (χ1v) is 9.68. The number of furan rings is 2. The number of fused-ring (bicyclic) bond motifs is 1. The molecule has 28 heavy (non-hydrogen) atoms. The topological polar surface area (TPSA) is 67.9 Å². The summed E-state index contributed by atoms with van der Waals surface area (Å²) >= 11 is 0. The first-order valence-electron chi connectivity index (χ1n) is 9.68. The quantitative estimate of drug-likeness (QED) is 0.728. The van der Waals surface area contributed by atoms with Gasteiger partial charge in [0.1, 0.15) is 11.3 Å². The molecule has 1 aromatic carbocycles. The maximum Gasteiger partial charge on any atom is 0.287 e. The molecule has 2 aromatic heterocycles. The number of amides is 1. The largest absolute Gasteiger partial charge is 0.468 e. The van der Waals surface area contributed by atoms with E-state index in [2.05, 4.69) is 16.3 Å². The molecule has 6 heteroatoms. The van der Waals surface area contributed by atoms with Gasteiger partial charge in [-0.25, -0.2) is 0 Å². The van der Waals surface area contributed by atoms with E-state index >= 15 is 0 Å². The Morgan fingerprint density at radius 2 is 2.00 bits per heavy atom. The number of ether oxygens (including phenoxy) is 1. The second kappa shape index (κ2) is 7.81. The average Bonchev–Trinajstić information content (AvgIpc) is 3.31. The van der Waals surface area contributed by atoms with Crippen molar-refractivity contribution < 1.29 is 18.4 Å². The molecule has 0 spiro atoms. The molecule has 1 aliphatic heterocycles. The fourth-order valence-corrected chi connectivity index (χ4v) is 4.06.